The van der Waals surface area contributed by atoms with Crippen molar-refractivity contribution in [1.82, 2.24) is 15.2 Å². The van der Waals surface area contributed by atoms with Gasteiger partial charge in [0.15, 0.2) is 4.21 Å². The molecule has 0 amide bonds. The van der Waals surface area contributed by atoms with E-state index in [0.717, 1.165) is 11.3 Å². The van der Waals surface area contributed by atoms with Crippen molar-refractivity contribution in [3.05, 3.63) is 22.2 Å². The molecule has 0 radical (unpaired) electrons. The van der Waals surface area contributed by atoms with Crippen LogP contribution in [-0.2, 0) is 10.0 Å². The van der Waals surface area contributed by atoms with Crippen molar-refractivity contribution < 1.29 is 8.42 Å². The maximum absolute atomic E-state index is 11.8. The molecule has 2 aromatic heterocycles. The third kappa shape index (κ3) is 2.19. The number of nitrogens with one attached hydrogen (secondary N) is 2. The van der Waals surface area contributed by atoms with E-state index in [9.17, 15) is 8.42 Å². The van der Waals surface area contributed by atoms with Crippen LogP contribution in [0.1, 0.15) is 0 Å². The molecule has 0 aliphatic carbocycles. The summed E-state index contributed by atoms with van der Waals surface area (Å²) in [5, 5.41) is 7.63. The summed E-state index contributed by atoms with van der Waals surface area (Å²) >= 11 is 4.27. The average Bonchev–Trinajstić information content (AvgIpc) is 2.75. The fourth-order valence-electron chi connectivity index (χ4n) is 0.900. The van der Waals surface area contributed by atoms with E-state index in [1.807, 2.05) is 0 Å². The highest BCUT2D eigenvalue weighted by Crippen LogP contribution is 2.28. The number of thiophene rings is 1. The van der Waals surface area contributed by atoms with Crippen molar-refractivity contribution in [2.24, 2.45) is 0 Å². The molecular weight excluding hydrogens is 304 g/mol. The number of H-pyrrole nitrogens is 1. The van der Waals surface area contributed by atoms with Gasteiger partial charge in [0.05, 0.1) is 0 Å². The van der Waals surface area contributed by atoms with Gasteiger partial charge in [0, 0.05) is 4.47 Å². The summed E-state index contributed by atoms with van der Waals surface area (Å²) < 4.78 is 26.5. The number of rotatable bonds is 3. The first-order chi connectivity index (χ1) is 7.09. The van der Waals surface area contributed by atoms with Gasteiger partial charge >= 0.3 is 0 Å². The van der Waals surface area contributed by atoms with E-state index in [4.69, 9.17) is 0 Å². The second-order valence-electron chi connectivity index (χ2n) is 2.50. The van der Waals surface area contributed by atoms with Gasteiger partial charge in [-0.3, -0.25) is 0 Å². The van der Waals surface area contributed by atoms with E-state index >= 15 is 0 Å². The Bertz CT molecular complexity index is 547. The lowest BCUT2D eigenvalue weighted by atomic mass is 10.7. The summed E-state index contributed by atoms with van der Waals surface area (Å²) in [6.07, 6.45) is 1.22. The second-order valence-corrected chi connectivity index (χ2v) is 6.14. The standard InChI is InChI=1S/C6H5BrN4O2S2/c7-4-1-2-14-5(4)15(12,13)11-6-8-3-9-10-6/h1-3H,(H2,8,9,10,11). The lowest BCUT2D eigenvalue weighted by Gasteiger charge is -2.02. The molecule has 0 aliphatic rings. The van der Waals surface area contributed by atoms with Gasteiger partial charge in [0.1, 0.15) is 6.33 Å². The lowest BCUT2D eigenvalue weighted by molar-refractivity contribution is 0.602. The van der Waals surface area contributed by atoms with Crippen molar-refractivity contribution in [2.75, 3.05) is 4.72 Å². The maximum atomic E-state index is 11.8. The van der Waals surface area contributed by atoms with Gasteiger partial charge in [0.25, 0.3) is 10.0 Å². The highest BCUT2D eigenvalue weighted by atomic mass is 79.9. The van der Waals surface area contributed by atoms with E-state index in [2.05, 4.69) is 35.8 Å². The molecule has 2 N–H and O–H groups in total. The molecule has 0 aromatic carbocycles. The predicted octanol–water partition coefficient (Wildman–Crippen LogP) is 1.43. The maximum Gasteiger partial charge on any atom is 0.274 e. The fraction of sp³-hybridized carbons (Fsp3) is 0. The Morgan fingerprint density at radius 1 is 1.53 bits per heavy atom. The first kappa shape index (κ1) is 10.6. The summed E-state index contributed by atoms with van der Waals surface area (Å²) in [6, 6.07) is 1.67. The first-order valence-electron chi connectivity index (χ1n) is 3.71. The third-order valence-corrected chi connectivity index (χ3v) is 5.48. The zero-order valence-electron chi connectivity index (χ0n) is 7.14. The highest BCUT2D eigenvalue weighted by Gasteiger charge is 2.20. The van der Waals surface area contributed by atoms with E-state index in [1.165, 1.54) is 6.33 Å². The van der Waals surface area contributed by atoms with Gasteiger partial charge < -0.3 is 0 Å². The van der Waals surface area contributed by atoms with Crippen LogP contribution in [0.2, 0.25) is 0 Å². The van der Waals surface area contributed by atoms with Crippen LogP contribution in [-0.4, -0.2) is 23.6 Å². The molecule has 0 saturated heterocycles. The fourth-order valence-corrected chi connectivity index (χ4v) is 4.20. The Balaban J connectivity index is 2.33. The van der Waals surface area contributed by atoms with Crippen molar-refractivity contribution in [3.8, 4) is 0 Å². The molecular formula is C6H5BrN4O2S2. The molecule has 0 aliphatic heterocycles. The van der Waals surface area contributed by atoms with Gasteiger partial charge in [-0.25, -0.2) is 18.2 Å². The second kappa shape index (κ2) is 3.91. The number of sulfonamides is 1. The highest BCUT2D eigenvalue weighted by molar-refractivity contribution is 9.10. The molecule has 0 spiro atoms. The van der Waals surface area contributed by atoms with Crippen molar-refractivity contribution >= 4 is 43.2 Å². The Kier molecular flexibility index (Phi) is 2.76. The molecule has 2 rings (SSSR count). The van der Waals surface area contributed by atoms with Crippen LogP contribution in [0.15, 0.2) is 26.5 Å². The topological polar surface area (TPSA) is 87.7 Å². The number of aromatic nitrogens is 3. The van der Waals surface area contributed by atoms with Crippen molar-refractivity contribution in [3.63, 3.8) is 0 Å². The smallest absolute Gasteiger partial charge is 0.247 e. The number of anilines is 1. The Morgan fingerprint density at radius 2 is 2.33 bits per heavy atom. The molecule has 0 unspecified atom stereocenters. The Morgan fingerprint density at radius 3 is 2.87 bits per heavy atom. The van der Waals surface area contributed by atoms with E-state index in [0.29, 0.717) is 4.47 Å². The molecule has 0 bridgehead atoms. The SMILES string of the molecule is O=S(=O)(Nc1ncn[nH]1)c1sccc1Br. The van der Waals surface area contributed by atoms with Gasteiger partial charge in [0.2, 0.25) is 5.95 Å². The minimum atomic E-state index is -3.58. The van der Waals surface area contributed by atoms with Crippen LogP contribution in [0.25, 0.3) is 0 Å². The monoisotopic (exact) mass is 308 g/mol. The number of aromatic amines is 1. The van der Waals surface area contributed by atoms with Crippen molar-refractivity contribution in [2.45, 2.75) is 4.21 Å². The van der Waals surface area contributed by atoms with E-state index < -0.39 is 10.0 Å². The lowest BCUT2D eigenvalue weighted by Crippen LogP contribution is -2.13. The zero-order chi connectivity index (χ0) is 10.9. The first-order valence-corrected chi connectivity index (χ1v) is 6.86. The molecule has 0 fully saturated rings. The number of hydrogen-bond acceptors (Lipinski definition) is 5. The molecule has 2 aromatic rings. The summed E-state index contributed by atoms with van der Waals surface area (Å²) in [7, 11) is -3.58. The normalized spacial score (nSPS) is 11.5. The van der Waals surface area contributed by atoms with Crippen LogP contribution < -0.4 is 4.72 Å². The third-order valence-electron chi connectivity index (χ3n) is 1.47. The predicted molar refractivity (Wildman–Crippen MR) is 59.2 cm³/mol. The molecule has 2 heterocycles. The molecule has 0 saturated carbocycles. The number of halogens is 1. The minimum absolute atomic E-state index is 0.0929. The van der Waals surface area contributed by atoms with Gasteiger partial charge in [-0.1, -0.05) is 0 Å². The molecule has 0 atom stereocenters. The van der Waals surface area contributed by atoms with E-state index in [1.54, 1.807) is 11.4 Å². The largest absolute Gasteiger partial charge is 0.274 e. The molecule has 80 valence electrons. The van der Waals surface area contributed by atoms with Crippen LogP contribution in [0.3, 0.4) is 0 Å². The summed E-state index contributed by atoms with van der Waals surface area (Å²) in [6.45, 7) is 0. The number of hydrogen-bond donors (Lipinski definition) is 2. The van der Waals surface area contributed by atoms with Crippen LogP contribution >= 0.6 is 27.3 Å². The van der Waals surface area contributed by atoms with Gasteiger partial charge in [-0.15, -0.1) is 11.3 Å². The summed E-state index contributed by atoms with van der Waals surface area (Å²) in [5.41, 5.74) is 0. The van der Waals surface area contributed by atoms with Crippen LogP contribution in [0.4, 0.5) is 5.95 Å². The Labute approximate surface area is 97.9 Å². The van der Waals surface area contributed by atoms with Crippen LogP contribution in [0.5, 0.6) is 0 Å². The van der Waals surface area contributed by atoms with Crippen LogP contribution in [0, 0.1) is 0 Å². The van der Waals surface area contributed by atoms with E-state index in [-0.39, 0.29) is 10.2 Å². The molecule has 15 heavy (non-hydrogen) atoms. The minimum Gasteiger partial charge on any atom is -0.247 e. The van der Waals surface area contributed by atoms with Gasteiger partial charge in [-0.2, -0.15) is 10.1 Å². The van der Waals surface area contributed by atoms with Gasteiger partial charge in [-0.05, 0) is 27.4 Å². The average molecular weight is 309 g/mol. The summed E-state index contributed by atoms with van der Waals surface area (Å²) in [5.74, 6) is 0.0929. The Hall–Kier alpha value is -0.930. The summed E-state index contributed by atoms with van der Waals surface area (Å²) in [4.78, 5) is 3.67. The zero-order valence-corrected chi connectivity index (χ0v) is 10.4. The van der Waals surface area contributed by atoms with Crippen molar-refractivity contribution in [1.29, 1.82) is 0 Å². The molecule has 9 heteroatoms. The quantitative estimate of drug-likeness (QED) is 0.898. The number of nitrogens with zero attached hydrogens (tertiary/aromatic N) is 2. The molecule has 6 nitrogen and oxygen atoms in total.